The molecule has 0 aromatic heterocycles. The SMILES string of the molecule is C=CCNC(=O)C(=O)C(CCCC)NC(=O)C1CCCN1C(=O)C(NC(=O)NCC(=O)OC(C)(C)C)C1CCCCC1. The second kappa shape index (κ2) is 16.9. The molecule has 3 atom stereocenters. The highest BCUT2D eigenvalue weighted by Gasteiger charge is 2.41. The van der Waals surface area contributed by atoms with Crippen molar-refractivity contribution in [3.8, 4) is 0 Å². The van der Waals surface area contributed by atoms with Gasteiger partial charge in [-0.25, -0.2) is 4.79 Å². The Kier molecular flexibility index (Phi) is 14.0. The molecule has 2 rings (SSSR count). The van der Waals surface area contributed by atoms with Crippen LogP contribution < -0.4 is 21.3 Å². The Bertz CT molecular complexity index is 987. The molecule has 0 bridgehead atoms. The van der Waals surface area contributed by atoms with Crippen molar-refractivity contribution in [2.24, 2.45) is 5.92 Å². The molecule has 1 aliphatic carbocycles. The molecular weight excluding hydrogens is 542 g/mol. The van der Waals surface area contributed by atoms with E-state index in [9.17, 15) is 28.8 Å². The zero-order valence-electron chi connectivity index (χ0n) is 25.6. The lowest BCUT2D eigenvalue weighted by Gasteiger charge is -2.35. The zero-order valence-corrected chi connectivity index (χ0v) is 25.6. The minimum atomic E-state index is -1.01. The Hall–Kier alpha value is -3.44. The molecule has 1 saturated carbocycles. The molecule has 42 heavy (non-hydrogen) atoms. The Labute approximate surface area is 249 Å². The van der Waals surface area contributed by atoms with Crippen molar-refractivity contribution in [3.63, 3.8) is 0 Å². The fourth-order valence-electron chi connectivity index (χ4n) is 5.41. The standard InChI is InChI=1S/C30H49N5O7/c1-6-8-15-21(25(37)27(39)31-17-7-2)33-26(38)22-16-12-18-35(22)28(40)24(20-13-10-9-11-14-20)34-29(41)32-19-23(36)42-30(3,4)5/h7,20-22,24H,2,6,8-19H2,1,3-5H3,(H,31,39)(H,33,38)(H2,32,34,41). The number of rotatable bonds is 14. The molecule has 12 nitrogen and oxygen atoms in total. The van der Waals surface area contributed by atoms with Crippen LogP contribution >= 0.6 is 0 Å². The lowest BCUT2D eigenvalue weighted by molar-refractivity contribution is -0.153. The minimum Gasteiger partial charge on any atom is -0.459 e. The van der Waals surface area contributed by atoms with Gasteiger partial charge in [0.2, 0.25) is 17.6 Å². The van der Waals surface area contributed by atoms with E-state index in [0.29, 0.717) is 32.2 Å². The zero-order chi connectivity index (χ0) is 31.3. The monoisotopic (exact) mass is 591 g/mol. The van der Waals surface area contributed by atoms with Gasteiger partial charge in [0.15, 0.2) is 0 Å². The van der Waals surface area contributed by atoms with Gasteiger partial charge in [-0.05, 0) is 58.8 Å². The topological polar surface area (TPSA) is 163 Å². The highest BCUT2D eigenvalue weighted by Crippen LogP contribution is 2.29. The van der Waals surface area contributed by atoms with Crippen LogP contribution in [0.15, 0.2) is 12.7 Å². The summed E-state index contributed by atoms with van der Waals surface area (Å²) in [5, 5.41) is 10.4. The van der Waals surface area contributed by atoms with Crippen LogP contribution in [0, 0.1) is 5.92 Å². The first-order chi connectivity index (χ1) is 19.9. The summed E-state index contributed by atoms with van der Waals surface area (Å²) in [6.07, 6.45) is 8.54. The molecule has 0 spiro atoms. The van der Waals surface area contributed by atoms with E-state index in [1.54, 1.807) is 20.8 Å². The summed E-state index contributed by atoms with van der Waals surface area (Å²) in [6.45, 7) is 10.8. The van der Waals surface area contributed by atoms with Crippen LogP contribution in [0.4, 0.5) is 4.79 Å². The number of hydrogen-bond acceptors (Lipinski definition) is 7. The van der Waals surface area contributed by atoms with Gasteiger partial charge >= 0.3 is 12.0 Å². The van der Waals surface area contributed by atoms with Crippen molar-refractivity contribution in [1.82, 2.24) is 26.2 Å². The highest BCUT2D eigenvalue weighted by molar-refractivity contribution is 6.38. The summed E-state index contributed by atoms with van der Waals surface area (Å²) in [4.78, 5) is 78.8. The molecule has 1 aliphatic heterocycles. The van der Waals surface area contributed by atoms with Gasteiger partial charge in [0.25, 0.3) is 5.91 Å². The predicted octanol–water partition coefficient (Wildman–Crippen LogP) is 2.11. The van der Waals surface area contributed by atoms with Crippen molar-refractivity contribution >= 4 is 35.5 Å². The second-order valence-corrected chi connectivity index (χ2v) is 12.0. The average molecular weight is 592 g/mol. The van der Waals surface area contributed by atoms with Gasteiger partial charge in [0.1, 0.15) is 24.2 Å². The third kappa shape index (κ3) is 11.1. The molecule has 0 aromatic rings. The Morgan fingerprint density at radius 2 is 1.67 bits per heavy atom. The van der Waals surface area contributed by atoms with Crippen LogP contribution in [0.2, 0.25) is 0 Å². The first-order valence-corrected chi connectivity index (χ1v) is 15.2. The molecule has 2 aliphatic rings. The number of nitrogens with zero attached hydrogens (tertiary/aromatic N) is 1. The van der Waals surface area contributed by atoms with Crippen molar-refractivity contribution in [2.45, 2.75) is 116 Å². The van der Waals surface area contributed by atoms with Gasteiger partial charge in [0, 0.05) is 13.1 Å². The Morgan fingerprint density at radius 1 is 0.976 bits per heavy atom. The first kappa shape index (κ1) is 34.8. The number of urea groups is 1. The number of ether oxygens (including phenoxy) is 1. The summed E-state index contributed by atoms with van der Waals surface area (Å²) in [5.41, 5.74) is -0.698. The fraction of sp³-hybridized carbons (Fsp3) is 0.733. The van der Waals surface area contributed by atoms with E-state index < -0.39 is 53.3 Å². The number of hydrogen-bond donors (Lipinski definition) is 4. The number of carbonyl (C=O) groups is 6. The maximum Gasteiger partial charge on any atom is 0.325 e. The van der Waals surface area contributed by atoms with Crippen molar-refractivity contribution in [3.05, 3.63) is 12.7 Å². The quantitative estimate of drug-likeness (QED) is 0.137. The molecule has 5 amide bonds. The van der Waals surface area contributed by atoms with E-state index in [1.807, 2.05) is 6.92 Å². The molecule has 0 aromatic carbocycles. The van der Waals surface area contributed by atoms with Gasteiger partial charge in [-0.1, -0.05) is 45.1 Å². The third-order valence-corrected chi connectivity index (χ3v) is 7.44. The normalized spacial score (nSPS) is 18.8. The number of nitrogens with one attached hydrogen (secondary N) is 4. The van der Waals surface area contributed by atoms with Crippen LogP contribution in [-0.2, 0) is 28.7 Å². The van der Waals surface area contributed by atoms with Gasteiger partial charge in [-0.3, -0.25) is 24.0 Å². The Balaban J connectivity index is 2.14. The molecular formula is C30H49N5O7. The van der Waals surface area contributed by atoms with Gasteiger partial charge in [-0.2, -0.15) is 0 Å². The second-order valence-electron chi connectivity index (χ2n) is 12.0. The van der Waals surface area contributed by atoms with E-state index in [0.717, 1.165) is 38.5 Å². The first-order valence-electron chi connectivity index (χ1n) is 15.2. The number of likely N-dealkylation sites (tertiary alicyclic amines) is 1. The molecule has 1 saturated heterocycles. The fourth-order valence-corrected chi connectivity index (χ4v) is 5.41. The minimum absolute atomic E-state index is 0.115. The number of amides is 5. The lowest BCUT2D eigenvalue weighted by atomic mass is 9.83. The maximum absolute atomic E-state index is 13.9. The van der Waals surface area contributed by atoms with Crippen molar-refractivity contribution in [2.75, 3.05) is 19.6 Å². The number of ketones is 1. The van der Waals surface area contributed by atoms with Crippen molar-refractivity contribution in [1.29, 1.82) is 0 Å². The molecule has 12 heteroatoms. The Morgan fingerprint density at radius 3 is 2.29 bits per heavy atom. The summed E-state index contributed by atoms with van der Waals surface area (Å²) in [5.74, 6) is -3.11. The summed E-state index contributed by atoms with van der Waals surface area (Å²) in [7, 11) is 0. The molecule has 4 N–H and O–H groups in total. The van der Waals surface area contributed by atoms with Crippen LogP contribution in [-0.4, -0.2) is 83.8 Å². The van der Waals surface area contributed by atoms with Crippen molar-refractivity contribution < 1.29 is 33.5 Å². The van der Waals surface area contributed by atoms with E-state index >= 15 is 0 Å². The van der Waals surface area contributed by atoms with E-state index in [1.165, 1.54) is 11.0 Å². The lowest BCUT2D eigenvalue weighted by Crippen LogP contribution is -2.59. The molecule has 0 radical (unpaired) electrons. The van der Waals surface area contributed by atoms with Crippen LogP contribution in [0.3, 0.4) is 0 Å². The molecule has 3 unspecified atom stereocenters. The average Bonchev–Trinajstić information content (AvgIpc) is 3.45. The summed E-state index contributed by atoms with van der Waals surface area (Å²) < 4.78 is 5.23. The number of carbonyl (C=O) groups excluding carboxylic acids is 6. The van der Waals surface area contributed by atoms with E-state index in [2.05, 4.69) is 27.8 Å². The van der Waals surface area contributed by atoms with Gasteiger partial charge < -0.3 is 30.9 Å². The molecule has 2 fully saturated rings. The van der Waals surface area contributed by atoms with E-state index in [4.69, 9.17) is 4.74 Å². The van der Waals surface area contributed by atoms with Crippen LogP contribution in [0.25, 0.3) is 0 Å². The maximum atomic E-state index is 13.9. The molecule has 1 heterocycles. The summed E-state index contributed by atoms with van der Waals surface area (Å²) >= 11 is 0. The number of esters is 1. The highest BCUT2D eigenvalue weighted by atomic mass is 16.6. The smallest absolute Gasteiger partial charge is 0.325 e. The number of Topliss-reactive ketones (excluding diaryl/α,β-unsaturated/α-hetero) is 1. The van der Waals surface area contributed by atoms with E-state index in [-0.39, 0.29) is 24.9 Å². The van der Waals surface area contributed by atoms with Crippen LogP contribution in [0.5, 0.6) is 0 Å². The largest absolute Gasteiger partial charge is 0.459 e. The van der Waals surface area contributed by atoms with Crippen LogP contribution in [0.1, 0.15) is 91.9 Å². The van der Waals surface area contributed by atoms with Gasteiger partial charge in [0.05, 0.1) is 6.04 Å². The third-order valence-electron chi connectivity index (χ3n) is 7.44. The summed E-state index contributed by atoms with van der Waals surface area (Å²) in [6, 6.07) is -3.38. The van der Waals surface area contributed by atoms with Gasteiger partial charge in [-0.15, -0.1) is 6.58 Å². The predicted molar refractivity (Wildman–Crippen MR) is 157 cm³/mol. The number of unbranched alkanes of at least 4 members (excludes halogenated alkanes) is 1. The molecule has 236 valence electrons.